The van der Waals surface area contributed by atoms with Crippen molar-refractivity contribution < 1.29 is 21.6 Å². The van der Waals surface area contributed by atoms with Gasteiger partial charge in [-0.25, -0.2) is 27.0 Å². The van der Waals surface area contributed by atoms with Crippen LogP contribution in [0.5, 0.6) is 5.75 Å². The SMILES string of the molecule is CCCCn1c(COc2ccc(N(C)S(=O)(=O)c3ccc(C)cc3)cc2)nc2cc(S(N)(=O)=O)ccc21. The van der Waals surface area contributed by atoms with E-state index in [9.17, 15) is 16.8 Å². The summed E-state index contributed by atoms with van der Waals surface area (Å²) in [4.78, 5) is 4.83. The number of ether oxygens (including phenoxy) is 1. The summed E-state index contributed by atoms with van der Waals surface area (Å²) in [6, 6.07) is 18.1. The molecule has 0 saturated carbocycles. The fourth-order valence-electron chi connectivity index (χ4n) is 3.92. The van der Waals surface area contributed by atoms with Gasteiger partial charge in [0.25, 0.3) is 10.0 Å². The number of nitrogens with two attached hydrogens (primary N) is 1. The van der Waals surface area contributed by atoms with Gasteiger partial charge in [0.05, 0.1) is 26.5 Å². The first-order valence-electron chi connectivity index (χ1n) is 11.8. The lowest BCUT2D eigenvalue weighted by Gasteiger charge is -2.20. The highest BCUT2D eigenvalue weighted by Gasteiger charge is 2.21. The predicted molar refractivity (Wildman–Crippen MR) is 144 cm³/mol. The molecule has 0 atom stereocenters. The van der Waals surface area contributed by atoms with E-state index < -0.39 is 20.0 Å². The Labute approximate surface area is 217 Å². The van der Waals surface area contributed by atoms with Crippen molar-refractivity contribution >= 4 is 36.8 Å². The summed E-state index contributed by atoms with van der Waals surface area (Å²) in [6.07, 6.45) is 1.90. The van der Waals surface area contributed by atoms with Gasteiger partial charge in [0.1, 0.15) is 18.2 Å². The number of unbranched alkanes of at least 4 members (excludes halogenated alkanes) is 1. The molecule has 0 unspecified atom stereocenters. The van der Waals surface area contributed by atoms with Crippen LogP contribution in [0, 0.1) is 6.92 Å². The third-order valence-corrected chi connectivity index (χ3v) is 8.82. The van der Waals surface area contributed by atoms with E-state index in [1.165, 1.54) is 23.5 Å². The highest BCUT2D eigenvalue weighted by molar-refractivity contribution is 7.92. The lowest BCUT2D eigenvalue weighted by Crippen LogP contribution is -2.26. The first-order chi connectivity index (χ1) is 17.5. The Kier molecular flexibility index (Phi) is 7.58. The van der Waals surface area contributed by atoms with Gasteiger partial charge < -0.3 is 9.30 Å². The highest BCUT2D eigenvalue weighted by atomic mass is 32.2. The van der Waals surface area contributed by atoms with Gasteiger partial charge in [0, 0.05) is 13.6 Å². The standard InChI is InChI=1S/C26H30N4O5S2/c1-4-5-16-30-25-15-14-23(36(27,31)32)17-24(25)28-26(30)18-35-21-10-8-20(9-11-21)29(3)37(33,34)22-12-6-19(2)7-13-22/h6-15,17H,4-5,16,18H2,1-3H3,(H2,27,31,32). The summed E-state index contributed by atoms with van der Waals surface area (Å²) in [5.41, 5.74) is 2.81. The highest BCUT2D eigenvalue weighted by Crippen LogP contribution is 2.26. The van der Waals surface area contributed by atoms with Crippen molar-refractivity contribution in [2.24, 2.45) is 5.14 Å². The molecule has 2 N–H and O–H groups in total. The van der Waals surface area contributed by atoms with Crippen LogP contribution in [-0.2, 0) is 33.2 Å². The average molecular weight is 543 g/mol. The largest absolute Gasteiger partial charge is 0.486 e. The van der Waals surface area contributed by atoms with Crippen molar-refractivity contribution in [1.82, 2.24) is 9.55 Å². The molecular formula is C26H30N4O5S2. The van der Waals surface area contributed by atoms with Crippen LogP contribution in [-0.4, -0.2) is 33.4 Å². The van der Waals surface area contributed by atoms with Crippen molar-refractivity contribution in [3.05, 3.63) is 78.1 Å². The maximum atomic E-state index is 13.0. The van der Waals surface area contributed by atoms with Crippen molar-refractivity contribution in [1.29, 1.82) is 0 Å². The normalized spacial score (nSPS) is 12.1. The van der Waals surface area contributed by atoms with Gasteiger partial charge in [-0.3, -0.25) is 4.31 Å². The van der Waals surface area contributed by atoms with Gasteiger partial charge in [-0.05, 0) is 67.9 Å². The molecule has 0 aliphatic carbocycles. The van der Waals surface area contributed by atoms with Crippen LogP contribution >= 0.6 is 0 Å². The molecule has 0 bridgehead atoms. The Morgan fingerprint density at radius 3 is 2.22 bits per heavy atom. The third-order valence-electron chi connectivity index (χ3n) is 6.11. The van der Waals surface area contributed by atoms with Gasteiger partial charge in [-0.15, -0.1) is 0 Å². The fourth-order valence-corrected chi connectivity index (χ4v) is 5.65. The van der Waals surface area contributed by atoms with Crippen molar-refractivity contribution in [2.75, 3.05) is 11.4 Å². The Hall–Kier alpha value is -3.41. The van der Waals surface area contributed by atoms with E-state index in [4.69, 9.17) is 9.88 Å². The minimum atomic E-state index is -3.84. The molecule has 0 aliphatic heterocycles. The van der Waals surface area contributed by atoms with Crippen LogP contribution in [0.1, 0.15) is 31.2 Å². The molecule has 0 spiro atoms. The predicted octanol–water partition coefficient (Wildman–Crippen LogP) is 4.20. The molecule has 1 heterocycles. The molecule has 9 nitrogen and oxygen atoms in total. The number of primary sulfonamides is 1. The first-order valence-corrected chi connectivity index (χ1v) is 14.8. The van der Waals surface area contributed by atoms with Crippen LogP contribution in [0.25, 0.3) is 11.0 Å². The summed E-state index contributed by atoms with van der Waals surface area (Å²) < 4.78 is 58.7. The quantitative estimate of drug-likeness (QED) is 0.320. The maximum Gasteiger partial charge on any atom is 0.264 e. The number of aryl methyl sites for hydroxylation is 2. The van der Waals surface area contributed by atoms with E-state index in [2.05, 4.69) is 11.9 Å². The summed E-state index contributed by atoms with van der Waals surface area (Å²) in [6.45, 7) is 4.85. The number of hydrogen-bond acceptors (Lipinski definition) is 6. The van der Waals surface area contributed by atoms with Gasteiger partial charge in [0.15, 0.2) is 0 Å². The molecule has 11 heteroatoms. The topological polar surface area (TPSA) is 125 Å². The Morgan fingerprint density at radius 2 is 1.59 bits per heavy atom. The average Bonchev–Trinajstić information content (AvgIpc) is 3.22. The summed E-state index contributed by atoms with van der Waals surface area (Å²) in [5.74, 6) is 1.20. The number of hydrogen-bond donors (Lipinski definition) is 1. The fraction of sp³-hybridized carbons (Fsp3) is 0.269. The molecule has 4 rings (SSSR count). The number of rotatable bonds is 10. The molecule has 0 amide bonds. The molecule has 0 saturated heterocycles. The van der Waals surface area contributed by atoms with Crippen LogP contribution in [0.4, 0.5) is 5.69 Å². The van der Waals surface area contributed by atoms with E-state index >= 15 is 0 Å². The summed E-state index contributed by atoms with van der Waals surface area (Å²) >= 11 is 0. The van der Waals surface area contributed by atoms with E-state index in [1.807, 2.05) is 11.5 Å². The smallest absolute Gasteiger partial charge is 0.264 e. The van der Waals surface area contributed by atoms with Crippen LogP contribution in [0.15, 0.2) is 76.5 Å². The number of imidazole rings is 1. The summed E-state index contributed by atoms with van der Waals surface area (Å²) in [7, 11) is -6.02. The third kappa shape index (κ3) is 5.79. The zero-order valence-electron chi connectivity index (χ0n) is 21.0. The molecule has 3 aromatic carbocycles. The number of sulfonamides is 2. The second kappa shape index (κ2) is 10.5. The number of nitrogens with zero attached hydrogens (tertiary/aromatic N) is 3. The second-order valence-corrected chi connectivity index (χ2v) is 12.3. The van der Waals surface area contributed by atoms with E-state index in [0.29, 0.717) is 29.3 Å². The molecular weight excluding hydrogens is 512 g/mol. The van der Waals surface area contributed by atoms with Gasteiger partial charge in [0.2, 0.25) is 10.0 Å². The maximum absolute atomic E-state index is 13.0. The van der Waals surface area contributed by atoms with Gasteiger partial charge in [-0.2, -0.15) is 0 Å². The number of aromatic nitrogens is 2. The zero-order chi connectivity index (χ0) is 26.8. The van der Waals surface area contributed by atoms with Crippen LogP contribution in [0.2, 0.25) is 0 Å². The molecule has 196 valence electrons. The lowest BCUT2D eigenvalue weighted by molar-refractivity contribution is 0.289. The van der Waals surface area contributed by atoms with Gasteiger partial charge in [-0.1, -0.05) is 31.0 Å². The Morgan fingerprint density at radius 1 is 0.946 bits per heavy atom. The monoisotopic (exact) mass is 542 g/mol. The van der Waals surface area contributed by atoms with Crippen LogP contribution < -0.4 is 14.2 Å². The molecule has 0 aliphatic rings. The van der Waals surface area contributed by atoms with Crippen molar-refractivity contribution in [3.63, 3.8) is 0 Å². The number of benzene rings is 3. The van der Waals surface area contributed by atoms with E-state index in [0.717, 1.165) is 23.9 Å². The van der Waals surface area contributed by atoms with Crippen molar-refractivity contribution in [2.45, 2.75) is 49.6 Å². The lowest BCUT2D eigenvalue weighted by atomic mass is 10.2. The molecule has 37 heavy (non-hydrogen) atoms. The number of anilines is 1. The second-order valence-electron chi connectivity index (χ2n) is 8.80. The van der Waals surface area contributed by atoms with E-state index in [1.54, 1.807) is 54.6 Å². The molecule has 4 aromatic rings. The zero-order valence-corrected chi connectivity index (χ0v) is 22.6. The van der Waals surface area contributed by atoms with Crippen molar-refractivity contribution in [3.8, 4) is 5.75 Å². The van der Waals surface area contributed by atoms with Gasteiger partial charge >= 0.3 is 0 Å². The minimum Gasteiger partial charge on any atom is -0.486 e. The van der Waals surface area contributed by atoms with Crippen LogP contribution in [0.3, 0.4) is 0 Å². The first kappa shape index (κ1) is 26.6. The Balaban J connectivity index is 1.53. The molecule has 0 radical (unpaired) electrons. The minimum absolute atomic E-state index is 0.00732. The summed E-state index contributed by atoms with van der Waals surface area (Å²) in [5, 5.41) is 5.28. The molecule has 1 aromatic heterocycles. The van der Waals surface area contributed by atoms with E-state index in [-0.39, 0.29) is 16.4 Å². The molecule has 0 fully saturated rings. The Bertz CT molecular complexity index is 1610. The number of fused-ring (bicyclic) bond motifs is 1.